The van der Waals surface area contributed by atoms with Gasteiger partial charge in [-0.25, -0.2) is 0 Å². The summed E-state index contributed by atoms with van der Waals surface area (Å²) in [5, 5.41) is 14.2. The van der Waals surface area contributed by atoms with E-state index in [9.17, 15) is 5.26 Å². The highest BCUT2D eigenvalue weighted by atomic mass is 35.5. The molecule has 2 heterocycles. The van der Waals surface area contributed by atoms with Gasteiger partial charge in [0.25, 0.3) is 0 Å². The molecule has 1 aliphatic rings. The van der Waals surface area contributed by atoms with Crippen molar-refractivity contribution in [3.8, 4) is 23.3 Å². The minimum absolute atomic E-state index is 0.0402. The molecule has 0 radical (unpaired) electrons. The topological polar surface area (TPSA) is 112 Å². The van der Waals surface area contributed by atoms with Crippen LogP contribution in [0, 0.1) is 11.3 Å². The van der Waals surface area contributed by atoms with Crippen LogP contribution in [0.25, 0.3) is 10.9 Å². The van der Waals surface area contributed by atoms with Gasteiger partial charge in [-0.1, -0.05) is 29.8 Å². The second kappa shape index (κ2) is 10.8. The number of ether oxygens (including phenoxy) is 4. The number of nitriles is 1. The fraction of sp³-hybridized carbons (Fsp3) is 0.214. The summed E-state index contributed by atoms with van der Waals surface area (Å²) >= 11 is 6.53. The van der Waals surface area contributed by atoms with Crippen LogP contribution < -0.4 is 25.3 Å². The number of nitrogens with two attached hydrogens (primary N) is 1. The highest BCUT2D eigenvalue weighted by Crippen LogP contribution is 2.37. The molecule has 0 bridgehead atoms. The van der Waals surface area contributed by atoms with Crippen molar-refractivity contribution in [1.82, 2.24) is 4.98 Å². The summed E-state index contributed by atoms with van der Waals surface area (Å²) in [6, 6.07) is 18.7. The van der Waals surface area contributed by atoms with E-state index in [2.05, 4.69) is 16.4 Å². The average Bonchev–Trinajstić information content (AvgIpc) is 3.42. The van der Waals surface area contributed by atoms with Crippen molar-refractivity contribution in [2.24, 2.45) is 0 Å². The molecule has 0 aliphatic carbocycles. The van der Waals surface area contributed by atoms with Crippen LogP contribution in [-0.2, 0) is 11.3 Å². The molecule has 1 atom stereocenters. The summed E-state index contributed by atoms with van der Waals surface area (Å²) in [5.41, 5.74) is 9.96. The first kappa shape index (κ1) is 24.5. The van der Waals surface area contributed by atoms with Crippen LogP contribution in [0.15, 0.2) is 60.8 Å². The van der Waals surface area contributed by atoms with E-state index in [0.29, 0.717) is 69.9 Å². The summed E-state index contributed by atoms with van der Waals surface area (Å²) in [4.78, 5) is 4.44. The van der Waals surface area contributed by atoms with Crippen molar-refractivity contribution >= 4 is 39.6 Å². The minimum Gasteiger partial charge on any atom is -0.496 e. The number of hydrogen-bond donors (Lipinski definition) is 2. The van der Waals surface area contributed by atoms with Crippen LogP contribution in [0.2, 0.25) is 5.02 Å². The molecule has 1 aliphatic heterocycles. The van der Waals surface area contributed by atoms with Crippen molar-refractivity contribution in [3.63, 3.8) is 0 Å². The molecule has 37 heavy (non-hydrogen) atoms. The van der Waals surface area contributed by atoms with E-state index < -0.39 is 0 Å². The Morgan fingerprint density at radius 3 is 2.78 bits per heavy atom. The highest BCUT2D eigenvalue weighted by molar-refractivity contribution is 6.32. The molecule has 5 rings (SSSR count). The number of aromatic nitrogens is 1. The van der Waals surface area contributed by atoms with E-state index in [-0.39, 0.29) is 6.10 Å². The number of para-hydroxylation sites is 1. The number of benzene rings is 3. The molecular weight excluding hydrogens is 492 g/mol. The van der Waals surface area contributed by atoms with Crippen LogP contribution in [0.5, 0.6) is 17.2 Å². The van der Waals surface area contributed by atoms with Crippen LogP contribution in [-0.4, -0.2) is 31.4 Å². The normalized spacial score (nSPS) is 14.8. The molecule has 3 aromatic carbocycles. The zero-order chi connectivity index (χ0) is 25.8. The number of halogens is 1. The summed E-state index contributed by atoms with van der Waals surface area (Å²) in [6.45, 7) is 1.51. The molecule has 1 fully saturated rings. The maximum absolute atomic E-state index is 9.73. The van der Waals surface area contributed by atoms with E-state index in [4.69, 9.17) is 36.3 Å². The molecule has 4 aromatic rings. The van der Waals surface area contributed by atoms with Crippen molar-refractivity contribution < 1.29 is 18.9 Å². The van der Waals surface area contributed by atoms with Gasteiger partial charge in [-0.05, 0) is 30.3 Å². The molecule has 1 unspecified atom stereocenters. The lowest BCUT2D eigenvalue weighted by Crippen LogP contribution is -2.16. The van der Waals surface area contributed by atoms with Gasteiger partial charge in [0, 0.05) is 35.3 Å². The lowest BCUT2D eigenvalue weighted by Gasteiger charge is -2.17. The number of nitrogen functional groups attached to an aromatic ring is 1. The Kier molecular flexibility index (Phi) is 7.17. The number of pyridine rings is 1. The molecular formula is C28H25ClN4O4. The monoisotopic (exact) mass is 516 g/mol. The lowest BCUT2D eigenvalue weighted by molar-refractivity contribution is 0.142. The zero-order valence-corrected chi connectivity index (χ0v) is 20.9. The van der Waals surface area contributed by atoms with Crippen LogP contribution in [0.1, 0.15) is 17.5 Å². The number of nitrogens with one attached hydrogen (secondary N) is 1. The van der Waals surface area contributed by atoms with Gasteiger partial charge in [-0.2, -0.15) is 5.26 Å². The fourth-order valence-electron chi connectivity index (χ4n) is 4.16. The Morgan fingerprint density at radius 2 is 2.03 bits per heavy atom. The van der Waals surface area contributed by atoms with Gasteiger partial charge in [0.2, 0.25) is 0 Å². The Hall–Kier alpha value is -4.19. The summed E-state index contributed by atoms with van der Waals surface area (Å²) in [6.07, 6.45) is 2.29. The van der Waals surface area contributed by atoms with E-state index in [1.807, 2.05) is 30.3 Å². The van der Waals surface area contributed by atoms with Crippen molar-refractivity contribution in [3.05, 3.63) is 76.9 Å². The third-order valence-electron chi connectivity index (χ3n) is 6.08. The Labute approximate surface area is 219 Å². The van der Waals surface area contributed by atoms with Crippen molar-refractivity contribution in [2.45, 2.75) is 19.1 Å². The minimum atomic E-state index is -0.0402. The molecule has 0 amide bonds. The standard InChI is InChI=1S/C28H25ClN4O4/c1-34-25-5-3-2-4-17(25)15-36-26-7-6-19(10-22(26)29)33-28-18(13-30)14-32-24-12-27(23(31)11-21(24)28)37-20-8-9-35-16-20/h2-7,10-12,14,20H,8-9,15-16,31H2,1H3,(H,32,33). The van der Waals surface area contributed by atoms with Gasteiger partial charge in [0.15, 0.2) is 0 Å². The molecule has 1 saturated heterocycles. The number of nitrogens with zero attached hydrogens (tertiary/aromatic N) is 2. The van der Waals surface area contributed by atoms with Gasteiger partial charge in [0.1, 0.15) is 36.0 Å². The maximum atomic E-state index is 9.73. The third kappa shape index (κ3) is 5.33. The number of hydrogen-bond acceptors (Lipinski definition) is 8. The second-order valence-corrected chi connectivity index (χ2v) is 8.95. The number of anilines is 3. The summed E-state index contributed by atoms with van der Waals surface area (Å²) in [5.74, 6) is 1.82. The second-order valence-electron chi connectivity index (χ2n) is 8.54. The van der Waals surface area contributed by atoms with E-state index in [0.717, 1.165) is 17.7 Å². The summed E-state index contributed by atoms with van der Waals surface area (Å²) < 4.78 is 22.7. The molecule has 9 heteroatoms. The molecule has 3 N–H and O–H groups in total. The third-order valence-corrected chi connectivity index (χ3v) is 6.37. The van der Waals surface area contributed by atoms with E-state index >= 15 is 0 Å². The fourth-order valence-corrected chi connectivity index (χ4v) is 4.40. The molecule has 188 valence electrons. The number of methoxy groups -OCH3 is 1. The lowest BCUT2D eigenvalue weighted by atomic mass is 10.1. The average molecular weight is 517 g/mol. The van der Waals surface area contributed by atoms with Crippen molar-refractivity contribution in [2.75, 3.05) is 31.4 Å². The van der Waals surface area contributed by atoms with Crippen LogP contribution >= 0.6 is 11.6 Å². The van der Waals surface area contributed by atoms with Crippen LogP contribution in [0.4, 0.5) is 17.1 Å². The highest BCUT2D eigenvalue weighted by Gasteiger charge is 2.20. The molecule has 0 saturated carbocycles. The Balaban J connectivity index is 1.39. The molecule has 8 nitrogen and oxygen atoms in total. The number of fused-ring (bicyclic) bond motifs is 1. The molecule has 1 aromatic heterocycles. The first-order chi connectivity index (χ1) is 18.1. The SMILES string of the molecule is COc1ccccc1COc1ccc(Nc2c(C#N)cnc3cc(OC4CCOC4)c(N)cc23)cc1Cl. The van der Waals surface area contributed by atoms with Gasteiger partial charge < -0.3 is 30.0 Å². The smallest absolute Gasteiger partial charge is 0.144 e. The Bertz CT molecular complexity index is 1480. The number of rotatable bonds is 8. The predicted octanol–water partition coefficient (Wildman–Crippen LogP) is 5.84. The van der Waals surface area contributed by atoms with Crippen molar-refractivity contribution in [1.29, 1.82) is 5.26 Å². The zero-order valence-electron chi connectivity index (χ0n) is 20.2. The summed E-state index contributed by atoms with van der Waals surface area (Å²) in [7, 11) is 1.62. The largest absolute Gasteiger partial charge is 0.496 e. The quantitative estimate of drug-likeness (QED) is 0.281. The van der Waals surface area contributed by atoms with E-state index in [1.165, 1.54) is 6.20 Å². The Morgan fingerprint density at radius 1 is 1.16 bits per heavy atom. The predicted molar refractivity (Wildman–Crippen MR) is 143 cm³/mol. The van der Waals surface area contributed by atoms with Gasteiger partial charge in [-0.15, -0.1) is 0 Å². The maximum Gasteiger partial charge on any atom is 0.144 e. The van der Waals surface area contributed by atoms with E-state index in [1.54, 1.807) is 31.4 Å². The first-order valence-electron chi connectivity index (χ1n) is 11.7. The van der Waals surface area contributed by atoms with Gasteiger partial charge in [0.05, 0.1) is 47.8 Å². The van der Waals surface area contributed by atoms with Gasteiger partial charge >= 0.3 is 0 Å². The molecule has 0 spiro atoms. The first-order valence-corrected chi connectivity index (χ1v) is 12.1. The van der Waals surface area contributed by atoms with Gasteiger partial charge in [-0.3, -0.25) is 4.98 Å². The van der Waals surface area contributed by atoms with Crippen LogP contribution in [0.3, 0.4) is 0 Å².